The molecular weight excluding hydrogens is 298 g/mol. The van der Waals surface area contributed by atoms with Crippen molar-refractivity contribution >= 4 is 17.5 Å². The number of aromatic nitrogens is 1. The summed E-state index contributed by atoms with van der Waals surface area (Å²) >= 11 is 0. The molecule has 120 valence electrons. The number of nitro benzene ring substituents is 1. The summed E-state index contributed by atoms with van der Waals surface area (Å²) in [5.41, 5.74) is 1.44. The molecule has 0 aliphatic heterocycles. The number of rotatable bonds is 8. The van der Waals surface area contributed by atoms with Gasteiger partial charge in [-0.25, -0.2) is 4.98 Å². The number of pyridine rings is 1. The van der Waals surface area contributed by atoms with Crippen LogP contribution in [0.3, 0.4) is 0 Å². The number of anilines is 1. The molecule has 0 saturated heterocycles. The summed E-state index contributed by atoms with van der Waals surface area (Å²) in [6, 6.07) is 10.1. The van der Waals surface area contributed by atoms with Crippen molar-refractivity contribution in [2.75, 3.05) is 25.1 Å². The molecule has 1 heterocycles. The number of nitrogens with one attached hydrogen (secondary N) is 1. The maximum atomic E-state index is 10.9. The molecule has 0 atom stereocenters. The van der Waals surface area contributed by atoms with Crippen LogP contribution in [0.15, 0.2) is 48.7 Å². The van der Waals surface area contributed by atoms with E-state index < -0.39 is 4.92 Å². The molecule has 2 N–H and O–H groups in total. The highest BCUT2D eigenvalue weighted by atomic mass is 16.6. The van der Waals surface area contributed by atoms with Crippen LogP contribution in [0, 0.1) is 10.1 Å². The molecule has 0 aliphatic rings. The molecule has 0 saturated carbocycles. The lowest BCUT2D eigenvalue weighted by molar-refractivity contribution is -0.385. The van der Waals surface area contributed by atoms with Gasteiger partial charge in [0.1, 0.15) is 6.61 Å². The van der Waals surface area contributed by atoms with E-state index in [-0.39, 0.29) is 18.9 Å². The van der Waals surface area contributed by atoms with Gasteiger partial charge in [0.15, 0.2) is 0 Å². The standard InChI is InChI=1S/C16H17N3O4/c20-10-11-23-16-8-7-14(12-18-16)17-9-3-5-13-4-1-2-6-15(13)19(21)22/h1-8,12,17,20H,9-11H2/b5-3+. The molecule has 2 aromatic rings. The van der Waals surface area contributed by atoms with Crippen LogP contribution >= 0.6 is 0 Å². The first-order valence-corrected chi connectivity index (χ1v) is 7.04. The molecule has 0 spiro atoms. The third-order valence-corrected chi connectivity index (χ3v) is 2.93. The predicted molar refractivity (Wildman–Crippen MR) is 87.4 cm³/mol. The Morgan fingerprint density at radius 1 is 1.30 bits per heavy atom. The van der Waals surface area contributed by atoms with Gasteiger partial charge in [-0.05, 0) is 12.1 Å². The maximum Gasteiger partial charge on any atom is 0.276 e. The van der Waals surface area contributed by atoms with Crippen LogP contribution in [0.1, 0.15) is 5.56 Å². The molecule has 0 radical (unpaired) electrons. The Morgan fingerprint density at radius 3 is 2.83 bits per heavy atom. The Labute approximate surface area is 133 Å². The Morgan fingerprint density at radius 2 is 2.13 bits per heavy atom. The van der Waals surface area contributed by atoms with Gasteiger partial charge in [-0.2, -0.15) is 0 Å². The fourth-order valence-corrected chi connectivity index (χ4v) is 1.88. The van der Waals surface area contributed by atoms with E-state index in [2.05, 4.69) is 10.3 Å². The van der Waals surface area contributed by atoms with E-state index in [1.54, 1.807) is 48.7 Å². The molecule has 0 aliphatic carbocycles. The van der Waals surface area contributed by atoms with Gasteiger partial charge in [0.2, 0.25) is 5.88 Å². The van der Waals surface area contributed by atoms with Crippen molar-refractivity contribution in [3.8, 4) is 5.88 Å². The number of aliphatic hydroxyl groups excluding tert-OH is 1. The average molecular weight is 315 g/mol. The first-order chi connectivity index (χ1) is 11.2. The fraction of sp³-hybridized carbons (Fsp3) is 0.188. The van der Waals surface area contributed by atoms with Crippen LogP contribution in [-0.2, 0) is 0 Å². The van der Waals surface area contributed by atoms with E-state index >= 15 is 0 Å². The molecule has 23 heavy (non-hydrogen) atoms. The molecule has 0 bridgehead atoms. The smallest absolute Gasteiger partial charge is 0.276 e. The number of para-hydroxylation sites is 1. The second-order valence-corrected chi connectivity index (χ2v) is 4.56. The quantitative estimate of drug-likeness (QED) is 0.574. The Balaban J connectivity index is 1.88. The number of hydrogen-bond donors (Lipinski definition) is 2. The Bertz CT molecular complexity index is 671. The summed E-state index contributed by atoms with van der Waals surface area (Å²) in [5.74, 6) is 0.444. The predicted octanol–water partition coefficient (Wildman–Crippen LogP) is 2.49. The van der Waals surface area contributed by atoms with Crippen LogP contribution in [0.2, 0.25) is 0 Å². The zero-order valence-corrected chi connectivity index (χ0v) is 12.4. The average Bonchev–Trinajstić information content (AvgIpc) is 2.58. The van der Waals surface area contributed by atoms with Gasteiger partial charge in [0.25, 0.3) is 5.69 Å². The summed E-state index contributed by atoms with van der Waals surface area (Å²) in [7, 11) is 0. The van der Waals surface area contributed by atoms with Gasteiger partial charge in [-0.15, -0.1) is 0 Å². The van der Waals surface area contributed by atoms with Crippen molar-refractivity contribution < 1.29 is 14.8 Å². The summed E-state index contributed by atoms with van der Waals surface area (Å²) in [6.45, 7) is 0.654. The molecule has 7 nitrogen and oxygen atoms in total. The van der Waals surface area contributed by atoms with E-state index in [0.29, 0.717) is 18.0 Å². The first kappa shape index (κ1) is 16.4. The van der Waals surface area contributed by atoms with E-state index in [4.69, 9.17) is 9.84 Å². The molecule has 7 heteroatoms. The summed E-state index contributed by atoms with van der Waals surface area (Å²) in [5, 5.41) is 22.7. The SMILES string of the molecule is O=[N+]([O-])c1ccccc1/C=C/CNc1ccc(OCCO)nc1. The van der Waals surface area contributed by atoms with Crippen LogP contribution < -0.4 is 10.1 Å². The number of nitro groups is 1. The number of hydrogen-bond acceptors (Lipinski definition) is 6. The molecule has 1 aromatic heterocycles. The molecule has 0 amide bonds. The number of ether oxygens (including phenoxy) is 1. The van der Waals surface area contributed by atoms with Crippen LogP contribution in [-0.4, -0.2) is 34.8 Å². The van der Waals surface area contributed by atoms with Crippen molar-refractivity contribution in [1.29, 1.82) is 0 Å². The van der Waals surface area contributed by atoms with Gasteiger partial charge < -0.3 is 15.2 Å². The lowest BCUT2D eigenvalue weighted by Gasteiger charge is -2.05. The van der Waals surface area contributed by atoms with E-state index in [1.165, 1.54) is 6.07 Å². The number of nitrogens with zero attached hydrogens (tertiary/aromatic N) is 2. The zero-order chi connectivity index (χ0) is 16.5. The minimum absolute atomic E-state index is 0.0574. The second kappa shape index (κ2) is 8.50. The minimum Gasteiger partial charge on any atom is -0.475 e. The topological polar surface area (TPSA) is 97.5 Å². The van der Waals surface area contributed by atoms with Gasteiger partial charge in [-0.1, -0.05) is 24.3 Å². The largest absolute Gasteiger partial charge is 0.475 e. The van der Waals surface area contributed by atoms with Crippen molar-refractivity contribution in [1.82, 2.24) is 4.98 Å². The fourth-order valence-electron chi connectivity index (χ4n) is 1.88. The Kier molecular flexibility index (Phi) is 6.07. The van der Waals surface area contributed by atoms with Crippen LogP contribution in [0.5, 0.6) is 5.88 Å². The summed E-state index contributed by atoms with van der Waals surface area (Å²) < 4.78 is 5.16. The normalized spacial score (nSPS) is 10.7. The minimum atomic E-state index is -0.401. The molecule has 2 rings (SSSR count). The zero-order valence-electron chi connectivity index (χ0n) is 12.4. The highest BCUT2D eigenvalue weighted by molar-refractivity contribution is 5.61. The van der Waals surface area contributed by atoms with E-state index in [9.17, 15) is 10.1 Å². The lowest BCUT2D eigenvalue weighted by atomic mass is 10.1. The summed E-state index contributed by atoms with van der Waals surface area (Å²) in [4.78, 5) is 14.6. The number of aliphatic hydroxyl groups is 1. The van der Waals surface area contributed by atoms with Gasteiger partial charge in [0, 0.05) is 18.7 Å². The third-order valence-electron chi connectivity index (χ3n) is 2.93. The van der Waals surface area contributed by atoms with Gasteiger partial charge in [-0.3, -0.25) is 10.1 Å². The monoisotopic (exact) mass is 315 g/mol. The molecular formula is C16H17N3O4. The van der Waals surface area contributed by atoms with Crippen molar-refractivity contribution in [2.45, 2.75) is 0 Å². The highest BCUT2D eigenvalue weighted by Crippen LogP contribution is 2.19. The van der Waals surface area contributed by atoms with E-state index in [0.717, 1.165) is 5.69 Å². The summed E-state index contributed by atoms with van der Waals surface area (Å²) in [6.07, 6.45) is 5.13. The third kappa shape index (κ3) is 5.08. The number of benzene rings is 1. The van der Waals surface area contributed by atoms with Crippen molar-refractivity contribution in [2.24, 2.45) is 0 Å². The van der Waals surface area contributed by atoms with Crippen LogP contribution in [0.4, 0.5) is 11.4 Å². The highest BCUT2D eigenvalue weighted by Gasteiger charge is 2.08. The molecule has 1 aromatic carbocycles. The van der Waals surface area contributed by atoms with Crippen LogP contribution in [0.25, 0.3) is 6.08 Å². The molecule has 0 fully saturated rings. The van der Waals surface area contributed by atoms with E-state index in [1.807, 2.05) is 0 Å². The first-order valence-electron chi connectivity index (χ1n) is 7.04. The Hall–Kier alpha value is -2.93. The lowest BCUT2D eigenvalue weighted by Crippen LogP contribution is -2.03. The maximum absolute atomic E-state index is 10.9. The van der Waals surface area contributed by atoms with Gasteiger partial charge in [0.05, 0.1) is 29.0 Å². The molecule has 0 unspecified atom stereocenters. The van der Waals surface area contributed by atoms with Crippen molar-refractivity contribution in [3.05, 3.63) is 64.3 Å². The van der Waals surface area contributed by atoms with Crippen molar-refractivity contribution in [3.63, 3.8) is 0 Å². The second-order valence-electron chi connectivity index (χ2n) is 4.56. The van der Waals surface area contributed by atoms with Gasteiger partial charge >= 0.3 is 0 Å².